The molecule has 0 aliphatic heterocycles. The van der Waals surface area contributed by atoms with E-state index < -0.39 is 0 Å². The highest BCUT2D eigenvalue weighted by Crippen LogP contribution is 2.29. The Bertz CT molecular complexity index is 377. The van der Waals surface area contributed by atoms with Crippen LogP contribution in [0.4, 0.5) is 0 Å². The number of rotatable bonds is 3. The van der Waals surface area contributed by atoms with Crippen LogP contribution in [0, 0.1) is 0 Å². The molecule has 1 rings (SSSR count). The van der Waals surface area contributed by atoms with Crippen LogP contribution >= 0.6 is 31.9 Å². The summed E-state index contributed by atoms with van der Waals surface area (Å²) in [6.45, 7) is 0. The second kappa shape index (κ2) is 5.51. The van der Waals surface area contributed by atoms with Gasteiger partial charge >= 0.3 is 5.97 Å². The molecule has 0 atom stereocenters. The fourth-order valence-corrected chi connectivity index (χ4v) is 2.72. The van der Waals surface area contributed by atoms with E-state index in [-0.39, 0.29) is 5.97 Å². The third-order valence-electron chi connectivity index (χ3n) is 1.94. The third kappa shape index (κ3) is 2.72. The zero-order valence-corrected chi connectivity index (χ0v) is 11.5. The average molecular weight is 338 g/mol. The van der Waals surface area contributed by atoms with Crippen molar-refractivity contribution in [2.75, 3.05) is 14.2 Å². The van der Waals surface area contributed by atoms with Gasteiger partial charge in [-0.1, -0.05) is 31.9 Å². The monoisotopic (exact) mass is 336 g/mol. The summed E-state index contributed by atoms with van der Waals surface area (Å²) in [7, 11) is 2.91. The van der Waals surface area contributed by atoms with E-state index in [0.717, 1.165) is 10.0 Å². The number of methoxy groups -OCH3 is 2. The van der Waals surface area contributed by atoms with Gasteiger partial charge in [-0.3, -0.25) is 0 Å². The molecule has 1 aromatic carbocycles. The summed E-state index contributed by atoms with van der Waals surface area (Å²) in [4.78, 5) is 11.5. The lowest BCUT2D eigenvalue weighted by Crippen LogP contribution is -2.06. The van der Waals surface area contributed by atoms with Gasteiger partial charge in [-0.05, 0) is 17.7 Å². The van der Waals surface area contributed by atoms with Crippen molar-refractivity contribution in [3.63, 3.8) is 0 Å². The van der Waals surface area contributed by atoms with Crippen LogP contribution in [0.15, 0.2) is 16.6 Å². The van der Waals surface area contributed by atoms with Crippen LogP contribution in [0.1, 0.15) is 15.9 Å². The summed E-state index contributed by atoms with van der Waals surface area (Å²) in [5.74, 6) is 0.246. The summed E-state index contributed by atoms with van der Waals surface area (Å²) in [6.07, 6.45) is 0. The molecule has 15 heavy (non-hydrogen) atoms. The molecule has 0 amide bonds. The van der Waals surface area contributed by atoms with E-state index >= 15 is 0 Å². The third-order valence-corrected chi connectivity index (χ3v) is 3.21. The lowest BCUT2D eigenvalue weighted by molar-refractivity contribution is 0.0599. The van der Waals surface area contributed by atoms with Crippen molar-refractivity contribution < 1.29 is 14.3 Å². The van der Waals surface area contributed by atoms with E-state index in [1.807, 2.05) is 6.07 Å². The number of carbonyl (C=O) groups is 1. The molecule has 0 bridgehead atoms. The quantitative estimate of drug-likeness (QED) is 0.628. The van der Waals surface area contributed by atoms with Gasteiger partial charge in [0, 0.05) is 9.80 Å². The van der Waals surface area contributed by atoms with Crippen molar-refractivity contribution in [3.05, 3.63) is 27.7 Å². The molecular formula is C10H10Br2O3. The first-order valence-electron chi connectivity index (χ1n) is 4.14. The van der Waals surface area contributed by atoms with E-state index in [1.54, 1.807) is 13.2 Å². The number of alkyl halides is 1. The highest BCUT2D eigenvalue weighted by atomic mass is 79.9. The van der Waals surface area contributed by atoms with Gasteiger partial charge in [0.05, 0.1) is 19.8 Å². The Hall–Kier alpha value is -0.550. The fourth-order valence-electron chi connectivity index (χ4n) is 1.16. The van der Waals surface area contributed by atoms with Gasteiger partial charge in [0.15, 0.2) is 0 Å². The standard InChI is InChI=1S/C10H10Br2O3/c1-14-6-3-7(10(13)15-2)8(5-11)9(12)4-6/h3-4H,5H2,1-2H3. The summed E-state index contributed by atoms with van der Waals surface area (Å²) in [5, 5.41) is 0.571. The Balaban J connectivity index is 3.32. The minimum atomic E-state index is -0.371. The van der Waals surface area contributed by atoms with Crippen LogP contribution in [0.5, 0.6) is 5.75 Å². The van der Waals surface area contributed by atoms with Crippen molar-refractivity contribution in [1.29, 1.82) is 0 Å². The number of hydrogen-bond acceptors (Lipinski definition) is 3. The molecule has 82 valence electrons. The highest BCUT2D eigenvalue weighted by Gasteiger charge is 2.15. The number of ether oxygens (including phenoxy) is 2. The molecule has 0 radical (unpaired) electrons. The molecule has 0 aliphatic rings. The Morgan fingerprint density at radius 3 is 2.53 bits per heavy atom. The molecule has 0 spiro atoms. The van der Waals surface area contributed by atoms with Crippen LogP contribution in [-0.2, 0) is 10.1 Å². The summed E-state index contributed by atoms with van der Waals surface area (Å²) < 4.78 is 10.6. The Kier molecular flexibility index (Phi) is 4.60. The van der Waals surface area contributed by atoms with Crippen molar-refractivity contribution in [1.82, 2.24) is 0 Å². The second-order valence-electron chi connectivity index (χ2n) is 2.76. The van der Waals surface area contributed by atoms with E-state index in [2.05, 4.69) is 31.9 Å². The zero-order chi connectivity index (χ0) is 11.4. The van der Waals surface area contributed by atoms with Crippen LogP contribution in [0.3, 0.4) is 0 Å². The van der Waals surface area contributed by atoms with E-state index in [0.29, 0.717) is 16.6 Å². The van der Waals surface area contributed by atoms with Gasteiger partial charge < -0.3 is 9.47 Å². The normalized spacial score (nSPS) is 9.87. The van der Waals surface area contributed by atoms with Gasteiger partial charge in [-0.25, -0.2) is 4.79 Å². The molecule has 5 heteroatoms. The SMILES string of the molecule is COC(=O)c1cc(OC)cc(Br)c1CBr. The van der Waals surface area contributed by atoms with Crippen LogP contribution in [-0.4, -0.2) is 20.2 Å². The first-order chi connectivity index (χ1) is 7.13. The molecule has 0 aromatic heterocycles. The Morgan fingerprint density at radius 1 is 1.40 bits per heavy atom. The lowest BCUT2D eigenvalue weighted by Gasteiger charge is -2.10. The Labute approximate surface area is 105 Å². The van der Waals surface area contributed by atoms with Gasteiger partial charge in [0.1, 0.15) is 5.75 Å². The molecule has 0 aliphatic carbocycles. The minimum Gasteiger partial charge on any atom is -0.497 e. The maximum Gasteiger partial charge on any atom is 0.338 e. The van der Waals surface area contributed by atoms with Gasteiger partial charge in [0.25, 0.3) is 0 Å². The van der Waals surface area contributed by atoms with Gasteiger partial charge in [0.2, 0.25) is 0 Å². The number of benzene rings is 1. The lowest BCUT2D eigenvalue weighted by atomic mass is 10.1. The average Bonchev–Trinajstić information content (AvgIpc) is 2.26. The molecule has 0 saturated heterocycles. The smallest absolute Gasteiger partial charge is 0.338 e. The molecule has 0 N–H and O–H groups in total. The Morgan fingerprint density at radius 2 is 2.07 bits per heavy atom. The van der Waals surface area contributed by atoms with Gasteiger partial charge in [-0.15, -0.1) is 0 Å². The molecular weight excluding hydrogens is 328 g/mol. The number of esters is 1. The first kappa shape index (κ1) is 12.5. The van der Waals surface area contributed by atoms with Crippen molar-refractivity contribution in [3.8, 4) is 5.75 Å². The number of halogens is 2. The molecule has 0 fully saturated rings. The van der Waals surface area contributed by atoms with E-state index in [9.17, 15) is 4.79 Å². The highest BCUT2D eigenvalue weighted by molar-refractivity contribution is 9.10. The van der Waals surface area contributed by atoms with Crippen LogP contribution in [0.25, 0.3) is 0 Å². The molecule has 0 heterocycles. The van der Waals surface area contributed by atoms with Crippen LogP contribution in [0.2, 0.25) is 0 Å². The first-order valence-corrected chi connectivity index (χ1v) is 6.06. The molecule has 0 unspecified atom stereocenters. The summed E-state index contributed by atoms with van der Waals surface area (Å²) in [5.41, 5.74) is 1.35. The second-order valence-corrected chi connectivity index (χ2v) is 4.18. The minimum absolute atomic E-state index is 0.371. The predicted molar refractivity (Wildman–Crippen MR) is 64.7 cm³/mol. The van der Waals surface area contributed by atoms with Crippen molar-refractivity contribution in [2.45, 2.75) is 5.33 Å². The van der Waals surface area contributed by atoms with Crippen LogP contribution < -0.4 is 4.74 Å². The number of hydrogen-bond donors (Lipinski definition) is 0. The maximum absolute atomic E-state index is 11.5. The van der Waals surface area contributed by atoms with Gasteiger partial charge in [-0.2, -0.15) is 0 Å². The fraction of sp³-hybridized carbons (Fsp3) is 0.300. The predicted octanol–water partition coefficient (Wildman–Crippen LogP) is 3.14. The van der Waals surface area contributed by atoms with Crippen molar-refractivity contribution >= 4 is 37.8 Å². The van der Waals surface area contributed by atoms with E-state index in [4.69, 9.17) is 9.47 Å². The summed E-state index contributed by atoms with van der Waals surface area (Å²) >= 11 is 6.70. The largest absolute Gasteiger partial charge is 0.497 e. The maximum atomic E-state index is 11.5. The van der Waals surface area contributed by atoms with E-state index in [1.165, 1.54) is 7.11 Å². The summed E-state index contributed by atoms with van der Waals surface area (Å²) in [6, 6.07) is 3.47. The zero-order valence-electron chi connectivity index (χ0n) is 8.34. The molecule has 1 aromatic rings. The molecule has 0 saturated carbocycles. The molecule has 3 nitrogen and oxygen atoms in total. The number of carbonyl (C=O) groups excluding carboxylic acids is 1. The topological polar surface area (TPSA) is 35.5 Å². The van der Waals surface area contributed by atoms with Crippen molar-refractivity contribution in [2.24, 2.45) is 0 Å².